The van der Waals surface area contributed by atoms with Crippen molar-refractivity contribution in [1.29, 1.82) is 0 Å². The van der Waals surface area contributed by atoms with Gasteiger partial charge in [0.15, 0.2) is 0 Å². The normalized spacial score (nSPS) is 22.7. The van der Waals surface area contributed by atoms with Gasteiger partial charge in [-0.2, -0.15) is 0 Å². The summed E-state index contributed by atoms with van der Waals surface area (Å²) in [5.41, 5.74) is 4.29. The van der Waals surface area contributed by atoms with E-state index in [4.69, 9.17) is 0 Å². The van der Waals surface area contributed by atoms with Crippen LogP contribution in [0.3, 0.4) is 0 Å². The van der Waals surface area contributed by atoms with Crippen molar-refractivity contribution < 1.29 is 9.59 Å². The third-order valence-corrected chi connectivity index (χ3v) is 6.12. The van der Waals surface area contributed by atoms with Crippen LogP contribution in [-0.4, -0.2) is 29.4 Å². The Morgan fingerprint density at radius 3 is 2.50 bits per heavy atom. The van der Waals surface area contributed by atoms with Gasteiger partial charge in [-0.3, -0.25) is 9.69 Å². The van der Waals surface area contributed by atoms with Crippen molar-refractivity contribution in [3.63, 3.8) is 0 Å². The molecule has 0 spiro atoms. The molecule has 1 fully saturated rings. The molecule has 2 aliphatic heterocycles. The van der Waals surface area contributed by atoms with Crippen molar-refractivity contribution >= 4 is 17.6 Å². The first-order valence-corrected chi connectivity index (χ1v) is 10.8. The summed E-state index contributed by atoms with van der Waals surface area (Å²) in [7, 11) is 0. The molecular formula is C24H30N4O2. The zero-order chi connectivity index (χ0) is 21.1. The van der Waals surface area contributed by atoms with Crippen LogP contribution in [0.1, 0.15) is 51.0 Å². The number of anilines is 1. The van der Waals surface area contributed by atoms with Gasteiger partial charge in [0, 0.05) is 36.2 Å². The summed E-state index contributed by atoms with van der Waals surface area (Å²) >= 11 is 0. The lowest BCUT2D eigenvalue weighted by Crippen LogP contribution is -2.39. The van der Waals surface area contributed by atoms with Crippen LogP contribution in [0.5, 0.6) is 0 Å². The molecular weight excluding hydrogens is 376 g/mol. The molecule has 0 saturated heterocycles. The van der Waals surface area contributed by atoms with Crippen LogP contribution in [0.15, 0.2) is 60.1 Å². The maximum Gasteiger partial charge on any atom is 0.326 e. The maximum atomic E-state index is 12.6. The van der Waals surface area contributed by atoms with Gasteiger partial charge < -0.3 is 16.0 Å². The Bertz CT molecular complexity index is 890. The van der Waals surface area contributed by atoms with Gasteiger partial charge in [-0.1, -0.05) is 26.0 Å². The van der Waals surface area contributed by atoms with Crippen molar-refractivity contribution in [1.82, 2.24) is 15.5 Å². The number of nitrogens with zero attached hydrogens (tertiary/aromatic N) is 1. The highest BCUT2D eigenvalue weighted by atomic mass is 16.2. The van der Waals surface area contributed by atoms with Gasteiger partial charge in [0.1, 0.15) is 0 Å². The van der Waals surface area contributed by atoms with Crippen molar-refractivity contribution in [2.75, 3.05) is 11.9 Å². The molecule has 30 heavy (non-hydrogen) atoms. The Kier molecular flexibility index (Phi) is 5.93. The van der Waals surface area contributed by atoms with Crippen molar-refractivity contribution in [3.05, 3.63) is 65.7 Å². The van der Waals surface area contributed by atoms with Gasteiger partial charge in [-0.05, 0) is 66.5 Å². The second-order valence-corrected chi connectivity index (χ2v) is 8.65. The molecule has 6 heteroatoms. The number of amides is 3. The van der Waals surface area contributed by atoms with Crippen molar-refractivity contribution in [2.45, 2.75) is 51.5 Å². The van der Waals surface area contributed by atoms with E-state index in [0.717, 1.165) is 42.5 Å². The second kappa shape index (κ2) is 8.78. The zero-order valence-electron chi connectivity index (χ0n) is 17.7. The first-order valence-electron chi connectivity index (χ1n) is 10.8. The Hall–Kier alpha value is -3.02. The van der Waals surface area contributed by atoms with Crippen LogP contribution in [0, 0.1) is 5.92 Å². The number of rotatable bonds is 4. The minimum Gasteiger partial charge on any atom is -0.367 e. The summed E-state index contributed by atoms with van der Waals surface area (Å²) < 4.78 is 0. The van der Waals surface area contributed by atoms with E-state index in [0.29, 0.717) is 18.5 Å². The summed E-state index contributed by atoms with van der Waals surface area (Å²) in [5, 5.41) is 9.20. The lowest BCUT2D eigenvalue weighted by Gasteiger charge is -2.30. The van der Waals surface area contributed by atoms with E-state index in [1.165, 1.54) is 5.56 Å². The third kappa shape index (κ3) is 4.58. The van der Waals surface area contributed by atoms with E-state index in [1.54, 1.807) is 4.90 Å². The second-order valence-electron chi connectivity index (χ2n) is 8.65. The van der Waals surface area contributed by atoms with Gasteiger partial charge in [0.05, 0.1) is 6.54 Å². The Balaban J connectivity index is 1.29. The van der Waals surface area contributed by atoms with E-state index >= 15 is 0 Å². The number of fused-ring (bicyclic) bond motifs is 1. The highest BCUT2D eigenvalue weighted by molar-refractivity contribution is 5.91. The molecule has 3 N–H and O–H groups in total. The molecule has 0 atom stereocenters. The molecule has 1 aromatic rings. The minimum absolute atomic E-state index is 0.0381. The molecule has 0 radical (unpaired) electrons. The van der Waals surface area contributed by atoms with E-state index in [9.17, 15) is 9.59 Å². The number of allylic oxidation sites excluding steroid dienone is 1. The van der Waals surface area contributed by atoms with Gasteiger partial charge in [0.25, 0.3) is 0 Å². The Morgan fingerprint density at radius 1 is 1.10 bits per heavy atom. The first kappa shape index (κ1) is 20.3. The SMILES string of the molecule is CC(C)C(=O)N[C@H]1CC[C@H](c2ccc(NC(=O)N3C=C4C=CNC=C4C3)cc2)CC1. The predicted octanol–water partition coefficient (Wildman–Crippen LogP) is 4.22. The van der Waals surface area contributed by atoms with E-state index in [-0.39, 0.29) is 17.9 Å². The molecule has 3 amide bonds. The number of urea groups is 1. The molecule has 0 bridgehead atoms. The van der Waals surface area contributed by atoms with Crippen LogP contribution in [0.2, 0.25) is 0 Å². The fourth-order valence-electron chi connectivity index (χ4n) is 4.24. The summed E-state index contributed by atoms with van der Waals surface area (Å²) in [6.07, 6.45) is 11.8. The fourth-order valence-corrected chi connectivity index (χ4v) is 4.24. The molecule has 2 heterocycles. The number of benzene rings is 1. The van der Waals surface area contributed by atoms with Crippen LogP contribution >= 0.6 is 0 Å². The van der Waals surface area contributed by atoms with E-state index in [2.05, 4.69) is 28.1 Å². The summed E-state index contributed by atoms with van der Waals surface area (Å²) in [5.74, 6) is 0.700. The summed E-state index contributed by atoms with van der Waals surface area (Å²) in [6, 6.07) is 8.37. The number of hydrogen-bond acceptors (Lipinski definition) is 3. The molecule has 4 rings (SSSR count). The van der Waals surface area contributed by atoms with Gasteiger partial charge in [-0.25, -0.2) is 4.79 Å². The highest BCUT2D eigenvalue weighted by Crippen LogP contribution is 2.33. The number of dihydropyridines is 1. The summed E-state index contributed by atoms with van der Waals surface area (Å²) in [6.45, 7) is 4.44. The first-order chi connectivity index (χ1) is 14.5. The Labute approximate surface area is 178 Å². The van der Waals surface area contributed by atoms with Crippen LogP contribution in [0.25, 0.3) is 0 Å². The number of carbonyl (C=O) groups excluding carboxylic acids is 2. The van der Waals surface area contributed by atoms with Crippen LogP contribution in [0.4, 0.5) is 10.5 Å². The number of nitrogens with one attached hydrogen (secondary N) is 3. The molecule has 1 saturated carbocycles. The fraction of sp³-hybridized carbons (Fsp3) is 0.417. The Morgan fingerprint density at radius 2 is 1.83 bits per heavy atom. The van der Waals surface area contributed by atoms with E-state index in [1.807, 2.05) is 50.7 Å². The average Bonchev–Trinajstić information content (AvgIpc) is 3.19. The topological polar surface area (TPSA) is 73.5 Å². The quantitative estimate of drug-likeness (QED) is 0.701. The van der Waals surface area contributed by atoms with Crippen molar-refractivity contribution in [3.8, 4) is 0 Å². The smallest absolute Gasteiger partial charge is 0.326 e. The molecule has 1 aromatic carbocycles. The van der Waals surface area contributed by atoms with Gasteiger partial charge >= 0.3 is 6.03 Å². The maximum absolute atomic E-state index is 12.6. The predicted molar refractivity (Wildman–Crippen MR) is 119 cm³/mol. The average molecular weight is 407 g/mol. The highest BCUT2D eigenvalue weighted by Gasteiger charge is 2.25. The molecule has 158 valence electrons. The standard InChI is InChI=1S/C24H30N4O2/c1-16(2)23(29)26-21-7-3-17(4-8-21)18-5-9-22(10-6-18)27-24(30)28-14-19-11-12-25-13-20(19)15-28/h5-6,9-14,16-17,21,25H,3-4,7-8,15H2,1-2H3,(H,26,29)(H,27,30)/t17-,21-. The molecule has 6 nitrogen and oxygen atoms in total. The minimum atomic E-state index is -0.125. The monoisotopic (exact) mass is 406 g/mol. The lowest BCUT2D eigenvalue weighted by molar-refractivity contribution is -0.124. The van der Waals surface area contributed by atoms with Crippen LogP contribution in [-0.2, 0) is 4.79 Å². The number of hydrogen-bond donors (Lipinski definition) is 3. The molecule has 0 unspecified atom stereocenters. The molecule has 1 aliphatic carbocycles. The third-order valence-electron chi connectivity index (χ3n) is 6.12. The lowest BCUT2D eigenvalue weighted by atomic mass is 9.81. The summed E-state index contributed by atoms with van der Waals surface area (Å²) in [4.78, 5) is 26.2. The van der Waals surface area contributed by atoms with Gasteiger partial charge in [0.2, 0.25) is 5.91 Å². The molecule has 0 aromatic heterocycles. The van der Waals surface area contributed by atoms with Crippen molar-refractivity contribution in [2.24, 2.45) is 5.92 Å². The van der Waals surface area contributed by atoms with Crippen LogP contribution < -0.4 is 16.0 Å². The van der Waals surface area contributed by atoms with E-state index < -0.39 is 0 Å². The zero-order valence-corrected chi connectivity index (χ0v) is 17.7. The largest absolute Gasteiger partial charge is 0.367 e. The number of carbonyl (C=O) groups is 2. The van der Waals surface area contributed by atoms with Gasteiger partial charge in [-0.15, -0.1) is 0 Å². The molecule has 3 aliphatic rings.